The second kappa shape index (κ2) is 5.19. The molecule has 96 valence electrons. The highest BCUT2D eigenvalue weighted by Crippen LogP contribution is 2.34. The first-order valence-corrected chi connectivity index (χ1v) is 6.63. The molecule has 1 unspecified atom stereocenters. The zero-order valence-electron chi connectivity index (χ0n) is 11.2. The summed E-state index contributed by atoms with van der Waals surface area (Å²) < 4.78 is 1.94. The van der Waals surface area contributed by atoms with Crippen LogP contribution in [0.15, 0.2) is 6.20 Å². The quantitative estimate of drug-likeness (QED) is 0.816. The first kappa shape index (κ1) is 12.6. The summed E-state index contributed by atoms with van der Waals surface area (Å²) in [4.78, 5) is 2.57. The van der Waals surface area contributed by atoms with Crippen LogP contribution < -0.4 is 5.73 Å². The van der Waals surface area contributed by atoms with Gasteiger partial charge in [0.25, 0.3) is 0 Å². The van der Waals surface area contributed by atoms with Gasteiger partial charge in [-0.2, -0.15) is 5.10 Å². The van der Waals surface area contributed by atoms with Crippen LogP contribution in [0, 0.1) is 6.92 Å². The van der Waals surface area contributed by atoms with Crippen LogP contribution in [0.1, 0.15) is 43.5 Å². The van der Waals surface area contributed by atoms with Gasteiger partial charge in [0.05, 0.1) is 12.2 Å². The molecule has 0 bridgehead atoms. The molecule has 1 atom stereocenters. The molecule has 0 radical (unpaired) electrons. The third-order valence-corrected chi connectivity index (χ3v) is 3.75. The van der Waals surface area contributed by atoms with Crippen molar-refractivity contribution in [3.63, 3.8) is 0 Å². The van der Waals surface area contributed by atoms with Crippen molar-refractivity contribution in [3.05, 3.63) is 17.5 Å². The summed E-state index contributed by atoms with van der Waals surface area (Å²) >= 11 is 0. The minimum Gasteiger partial charge on any atom is -0.329 e. The molecule has 0 spiro atoms. The Bertz CT molecular complexity index is 367. The van der Waals surface area contributed by atoms with Crippen LogP contribution >= 0.6 is 0 Å². The van der Waals surface area contributed by atoms with Gasteiger partial charge in [-0.15, -0.1) is 0 Å². The number of hydrogen-bond donors (Lipinski definition) is 1. The van der Waals surface area contributed by atoms with Gasteiger partial charge in [0.1, 0.15) is 0 Å². The summed E-state index contributed by atoms with van der Waals surface area (Å²) in [5, 5.41) is 4.34. The maximum Gasteiger partial charge on any atom is 0.0540 e. The Kier molecular flexibility index (Phi) is 3.84. The van der Waals surface area contributed by atoms with Gasteiger partial charge >= 0.3 is 0 Å². The van der Waals surface area contributed by atoms with Gasteiger partial charge in [-0.3, -0.25) is 9.58 Å². The average molecular weight is 236 g/mol. The number of rotatable bonds is 6. The molecule has 1 heterocycles. The molecule has 1 saturated carbocycles. The van der Waals surface area contributed by atoms with E-state index < -0.39 is 0 Å². The maximum absolute atomic E-state index is 6.00. The highest BCUT2D eigenvalue weighted by atomic mass is 15.3. The summed E-state index contributed by atoms with van der Waals surface area (Å²) in [5.41, 5.74) is 8.54. The topological polar surface area (TPSA) is 47.1 Å². The first-order valence-electron chi connectivity index (χ1n) is 6.63. The van der Waals surface area contributed by atoms with E-state index in [1.54, 1.807) is 0 Å². The van der Waals surface area contributed by atoms with E-state index in [0.717, 1.165) is 12.6 Å². The molecule has 1 aliphatic carbocycles. The van der Waals surface area contributed by atoms with Gasteiger partial charge in [0, 0.05) is 30.9 Å². The van der Waals surface area contributed by atoms with Gasteiger partial charge < -0.3 is 5.73 Å². The Labute approximate surface area is 104 Å². The number of nitrogens with zero attached hydrogens (tertiary/aromatic N) is 3. The Balaban J connectivity index is 2.21. The third kappa shape index (κ3) is 2.53. The predicted octanol–water partition coefficient (Wildman–Crippen LogP) is 1.60. The Morgan fingerprint density at radius 1 is 1.59 bits per heavy atom. The lowest BCUT2D eigenvalue weighted by atomic mass is 10.1. The summed E-state index contributed by atoms with van der Waals surface area (Å²) in [6.07, 6.45) is 5.83. The average Bonchev–Trinajstić information content (AvgIpc) is 3.10. The fraction of sp³-hybridized carbons (Fsp3) is 0.769. The molecule has 1 aromatic heterocycles. The molecule has 0 amide bonds. The van der Waals surface area contributed by atoms with Gasteiger partial charge in [0.2, 0.25) is 0 Å². The molecule has 1 aliphatic rings. The monoisotopic (exact) mass is 236 g/mol. The maximum atomic E-state index is 6.00. The van der Waals surface area contributed by atoms with Crippen LogP contribution in [-0.2, 0) is 7.05 Å². The molecule has 2 rings (SSSR count). The SMILES string of the molecule is CCCN(C1CC1)C(CN)c1cnn(C)c1C. The largest absolute Gasteiger partial charge is 0.329 e. The molecule has 2 N–H and O–H groups in total. The Morgan fingerprint density at radius 2 is 2.29 bits per heavy atom. The lowest BCUT2D eigenvalue weighted by Gasteiger charge is -2.30. The van der Waals surface area contributed by atoms with E-state index in [-0.39, 0.29) is 0 Å². The van der Waals surface area contributed by atoms with Crippen LogP contribution in [0.2, 0.25) is 0 Å². The van der Waals surface area contributed by atoms with Crippen molar-refractivity contribution in [1.82, 2.24) is 14.7 Å². The molecule has 0 aliphatic heterocycles. The van der Waals surface area contributed by atoms with E-state index in [1.165, 1.54) is 30.5 Å². The van der Waals surface area contributed by atoms with E-state index in [4.69, 9.17) is 5.73 Å². The molecule has 4 nitrogen and oxygen atoms in total. The van der Waals surface area contributed by atoms with Crippen molar-refractivity contribution < 1.29 is 0 Å². The summed E-state index contributed by atoms with van der Waals surface area (Å²) in [6, 6.07) is 1.10. The van der Waals surface area contributed by atoms with Crippen molar-refractivity contribution >= 4 is 0 Å². The van der Waals surface area contributed by atoms with Crippen LogP contribution in [0.3, 0.4) is 0 Å². The summed E-state index contributed by atoms with van der Waals surface area (Å²) in [7, 11) is 1.99. The van der Waals surface area contributed by atoms with Gasteiger partial charge in [-0.25, -0.2) is 0 Å². The highest BCUT2D eigenvalue weighted by molar-refractivity contribution is 5.21. The zero-order valence-corrected chi connectivity index (χ0v) is 11.2. The van der Waals surface area contributed by atoms with Crippen molar-refractivity contribution in [2.45, 2.75) is 45.2 Å². The van der Waals surface area contributed by atoms with Gasteiger partial charge in [0.15, 0.2) is 0 Å². The second-order valence-corrected chi connectivity index (χ2v) is 5.03. The fourth-order valence-electron chi connectivity index (χ4n) is 2.54. The molecule has 1 fully saturated rings. The van der Waals surface area contributed by atoms with E-state index >= 15 is 0 Å². The molecule has 0 aromatic carbocycles. The molecular weight excluding hydrogens is 212 g/mol. The molecule has 0 saturated heterocycles. The number of aromatic nitrogens is 2. The van der Waals surface area contributed by atoms with Crippen LogP contribution in [0.4, 0.5) is 0 Å². The normalized spacial score (nSPS) is 17.7. The second-order valence-electron chi connectivity index (χ2n) is 5.03. The zero-order chi connectivity index (χ0) is 12.4. The Morgan fingerprint density at radius 3 is 2.71 bits per heavy atom. The smallest absolute Gasteiger partial charge is 0.0540 e. The third-order valence-electron chi connectivity index (χ3n) is 3.75. The molecule has 1 aromatic rings. The van der Waals surface area contributed by atoms with Gasteiger partial charge in [-0.1, -0.05) is 6.92 Å². The Hall–Kier alpha value is -0.870. The minimum atomic E-state index is 0.344. The predicted molar refractivity (Wildman–Crippen MR) is 69.8 cm³/mol. The van der Waals surface area contributed by atoms with Crippen molar-refractivity contribution in [1.29, 1.82) is 0 Å². The number of aryl methyl sites for hydroxylation is 1. The fourth-order valence-corrected chi connectivity index (χ4v) is 2.54. The van der Waals surface area contributed by atoms with E-state index in [1.807, 2.05) is 17.9 Å². The van der Waals surface area contributed by atoms with Crippen molar-refractivity contribution in [2.75, 3.05) is 13.1 Å². The number of hydrogen-bond acceptors (Lipinski definition) is 3. The van der Waals surface area contributed by atoms with E-state index in [9.17, 15) is 0 Å². The lowest BCUT2D eigenvalue weighted by Crippen LogP contribution is -2.36. The van der Waals surface area contributed by atoms with Crippen LogP contribution in [-0.4, -0.2) is 33.8 Å². The lowest BCUT2D eigenvalue weighted by molar-refractivity contribution is 0.191. The minimum absolute atomic E-state index is 0.344. The van der Waals surface area contributed by atoms with Crippen LogP contribution in [0.25, 0.3) is 0 Å². The first-order chi connectivity index (χ1) is 8.19. The summed E-state index contributed by atoms with van der Waals surface area (Å²) in [5.74, 6) is 0. The van der Waals surface area contributed by atoms with Gasteiger partial charge in [-0.05, 0) is 32.7 Å². The number of nitrogens with two attached hydrogens (primary N) is 1. The van der Waals surface area contributed by atoms with E-state index in [2.05, 4.69) is 23.8 Å². The highest BCUT2D eigenvalue weighted by Gasteiger charge is 2.34. The standard InChI is InChI=1S/C13H24N4/c1-4-7-17(11-5-6-11)13(8-14)12-9-15-16(3)10(12)2/h9,11,13H,4-8,14H2,1-3H3. The van der Waals surface area contributed by atoms with Crippen molar-refractivity contribution in [3.8, 4) is 0 Å². The van der Waals surface area contributed by atoms with Crippen molar-refractivity contribution in [2.24, 2.45) is 12.8 Å². The van der Waals surface area contributed by atoms with E-state index in [0.29, 0.717) is 12.6 Å². The van der Waals surface area contributed by atoms with Crippen LogP contribution in [0.5, 0.6) is 0 Å². The molecule has 4 heteroatoms. The molecule has 17 heavy (non-hydrogen) atoms. The summed E-state index contributed by atoms with van der Waals surface area (Å²) in [6.45, 7) is 6.19. The molecular formula is C13H24N4.